The molecule has 0 heterocycles. The Labute approximate surface area is 167 Å². The number of carbonyl (C=O) groups excluding carboxylic acids is 1. The van der Waals surface area contributed by atoms with Crippen LogP contribution in [0.2, 0.25) is 5.02 Å². The number of carbonyl (C=O) groups is 1. The first-order valence-corrected chi connectivity index (χ1v) is 10.1. The number of anilines is 2. The fourth-order valence-electron chi connectivity index (χ4n) is 2.41. The lowest BCUT2D eigenvalue weighted by atomic mass is 10.2. The molecule has 0 aliphatic carbocycles. The molecule has 144 valence electrons. The lowest BCUT2D eigenvalue weighted by Gasteiger charge is -2.10. The molecule has 8 heteroatoms. The molecule has 0 spiro atoms. The number of sulfonamides is 1. The summed E-state index contributed by atoms with van der Waals surface area (Å²) in [6.07, 6.45) is 0. The molecule has 6 nitrogen and oxygen atoms in total. The standard InChI is InChI=1S/C20H17ClN2O4S/c1-13-2-6-15(7-3-13)23-28(26,27)17-9-4-14(5-10-17)20(25)22-16-8-11-19(24)18(21)12-16/h2-12,23-24H,1H3,(H,22,25). The number of rotatable bonds is 5. The second-order valence-corrected chi connectivity index (χ2v) is 8.21. The average molecular weight is 417 g/mol. The number of amides is 1. The van der Waals surface area contributed by atoms with Crippen molar-refractivity contribution in [2.75, 3.05) is 10.0 Å². The van der Waals surface area contributed by atoms with Crippen LogP contribution in [0.3, 0.4) is 0 Å². The molecule has 28 heavy (non-hydrogen) atoms. The molecule has 3 rings (SSSR count). The van der Waals surface area contributed by atoms with E-state index in [1.807, 2.05) is 6.92 Å². The molecule has 0 saturated heterocycles. The predicted octanol–water partition coefficient (Wildman–Crippen LogP) is 4.41. The monoisotopic (exact) mass is 416 g/mol. The number of phenolic OH excluding ortho intramolecular Hbond substituents is 1. The summed E-state index contributed by atoms with van der Waals surface area (Å²) in [5.74, 6) is -0.521. The van der Waals surface area contributed by atoms with Gasteiger partial charge in [0.2, 0.25) is 0 Å². The van der Waals surface area contributed by atoms with Gasteiger partial charge in [0.25, 0.3) is 15.9 Å². The van der Waals surface area contributed by atoms with Crippen molar-refractivity contribution in [3.63, 3.8) is 0 Å². The van der Waals surface area contributed by atoms with Crippen LogP contribution < -0.4 is 10.0 Å². The Morgan fingerprint density at radius 2 is 1.54 bits per heavy atom. The Kier molecular flexibility index (Phi) is 5.58. The number of aryl methyl sites for hydroxylation is 1. The highest BCUT2D eigenvalue weighted by molar-refractivity contribution is 7.92. The molecule has 3 aromatic carbocycles. The normalized spacial score (nSPS) is 11.1. The minimum absolute atomic E-state index is 0.0392. The fourth-order valence-corrected chi connectivity index (χ4v) is 3.65. The van der Waals surface area contributed by atoms with E-state index in [4.69, 9.17) is 11.6 Å². The average Bonchev–Trinajstić information content (AvgIpc) is 2.66. The molecule has 0 fully saturated rings. The van der Waals surface area contributed by atoms with Gasteiger partial charge in [0, 0.05) is 16.9 Å². The number of nitrogens with one attached hydrogen (secondary N) is 2. The molecule has 0 unspecified atom stereocenters. The molecule has 0 aromatic heterocycles. The fraction of sp³-hybridized carbons (Fsp3) is 0.0500. The first-order valence-electron chi connectivity index (χ1n) is 8.24. The summed E-state index contributed by atoms with van der Waals surface area (Å²) >= 11 is 5.81. The largest absolute Gasteiger partial charge is 0.506 e. The molecule has 0 aliphatic rings. The highest BCUT2D eigenvalue weighted by Gasteiger charge is 2.15. The lowest BCUT2D eigenvalue weighted by molar-refractivity contribution is 0.102. The van der Waals surface area contributed by atoms with Crippen LogP contribution in [0.4, 0.5) is 11.4 Å². The second-order valence-electron chi connectivity index (χ2n) is 6.12. The van der Waals surface area contributed by atoms with Crippen LogP contribution in [-0.4, -0.2) is 19.4 Å². The number of hydrogen-bond donors (Lipinski definition) is 3. The van der Waals surface area contributed by atoms with Crippen LogP contribution in [0.1, 0.15) is 15.9 Å². The molecule has 0 aliphatic heterocycles. The Hall–Kier alpha value is -3.03. The number of benzene rings is 3. The number of phenols is 1. The Morgan fingerprint density at radius 1 is 0.929 bits per heavy atom. The van der Waals surface area contributed by atoms with Gasteiger partial charge in [-0.3, -0.25) is 9.52 Å². The van der Waals surface area contributed by atoms with Crippen molar-refractivity contribution in [2.45, 2.75) is 11.8 Å². The smallest absolute Gasteiger partial charge is 0.261 e. The Morgan fingerprint density at radius 3 is 2.14 bits per heavy atom. The van der Waals surface area contributed by atoms with Crippen molar-refractivity contribution in [1.29, 1.82) is 0 Å². The van der Waals surface area contributed by atoms with Crippen LogP contribution >= 0.6 is 11.6 Å². The summed E-state index contributed by atoms with van der Waals surface area (Å²) < 4.78 is 27.5. The Balaban J connectivity index is 1.73. The quantitative estimate of drug-likeness (QED) is 0.537. The van der Waals surface area contributed by atoms with Gasteiger partial charge in [-0.1, -0.05) is 29.3 Å². The third-order valence-corrected chi connectivity index (χ3v) is 5.64. The molecule has 3 N–H and O–H groups in total. The number of aromatic hydroxyl groups is 1. The van der Waals surface area contributed by atoms with Crippen LogP contribution in [0.5, 0.6) is 5.75 Å². The summed E-state index contributed by atoms with van der Waals surface area (Å²) in [6, 6.07) is 16.8. The molecule has 0 bridgehead atoms. The first-order chi connectivity index (χ1) is 13.2. The van der Waals surface area contributed by atoms with Gasteiger partial charge in [-0.25, -0.2) is 8.42 Å². The minimum atomic E-state index is -3.76. The zero-order chi connectivity index (χ0) is 20.3. The zero-order valence-electron chi connectivity index (χ0n) is 14.8. The summed E-state index contributed by atoms with van der Waals surface area (Å²) in [4.78, 5) is 12.4. The molecule has 0 atom stereocenters. The maximum Gasteiger partial charge on any atom is 0.261 e. The van der Waals surface area contributed by atoms with Gasteiger partial charge < -0.3 is 10.4 Å². The van der Waals surface area contributed by atoms with Crippen LogP contribution in [0.15, 0.2) is 71.6 Å². The van der Waals surface area contributed by atoms with Gasteiger partial charge >= 0.3 is 0 Å². The van der Waals surface area contributed by atoms with Gasteiger partial charge in [-0.15, -0.1) is 0 Å². The molecule has 1 amide bonds. The van der Waals surface area contributed by atoms with Gasteiger partial charge in [0.05, 0.1) is 9.92 Å². The van der Waals surface area contributed by atoms with E-state index in [2.05, 4.69) is 10.0 Å². The molecule has 3 aromatic rings. The summed E-state index contributed by atoms with van der Waals surface area (Å²) in [5.41, 5.74) is 2.16. The third kappa shape index (κ3) is 4.62. The minimum Gasteiger partial charge on any atom is -0.506 e. The van der Waals surface area contributed by atoms with Crippen molar-refractivity contribution in [1.82, 2.24) is 0 Å². The van der Waals surface area contributed by atoms with Crippen molar-refractivity contribution in [2.24, 2.45) is 0 Å². The third-order valence-electron chi connectivity index (χ3n) is 3.94. The maximum atomic E-state index is 12.5. The predicted molar refractivity (Wildman–Crippen MR) is 109 cm³/mol. The second kappa shape index (κ2) is 7.92. The van der Waals surface area contributed by atoms with E-state index in [1.165, 1.54) is 42.5 Å². The van der Waals surface area contributed by atoms with Crippen molar-refractivity contribution < 1.29 is 18.3 Å². The van der Waals surface area contributed by atoms with E-state index in [0.717, 1.165) is 5.56 Å². The van der Waals surface area contributed by atoms with Gasteiger partial charge in [-0.05, 0) is 61.5 Å². The van der Waals surface area contributed by atoms with Gasteiger partial charge in [0.1, 0.15) is 5.75 Å². The van der Waals surface area contributed by atoms with E-state index < -0.39 is 15.9 Å². The van der Waals surface area contributed by atoms with Gasteiger partial charge in [0.15, 0.2) is 0 Å². The van der Waals surface area contributed by atoms with E-state index in [-0.39, 0.29) is 21.2 Å². The molecule has 0 radical (unpaired) electrons. The van der Waals surface area contributed by atoms with Crippen LogP contribution in [0, 0.1) is 6.92 Å². The SMILES string of the molecule is Cc1ccc(NS(=O)(=O)c2ccc(C(=O)Nc3ccc(O)c(Cl)c3)cc2)cc1. The lowest BCUT2D eigenvalue weighted by Crippen LogP contribution is -2.14. The summed E-state index contributed by atoms with van der Waals surface area (Å²) in [5, 5.41) is 12.2. The molecule has 0 saturated carbocycles. The highest BCUT2D eigenvalue weighted by Crippen LogP contribution is 2.26. The number of hydrogen-bond acceptors (Lipinski definition) is 4. The molecular formula is C20H17ClN2O4S. The summed E-state index contributed by atoms with van der Waals surface area (Å²) in [7, 11) is -3.76. The van der Waals surface area contributed by atoms with E-state index in [0.29, 0.717) is 11.4 Å². The van der Waals surface area contributed by atoms with Crippen LogP contribution in [0.25, 0.3) is 0 Å². The van der Waals surface area contributed by atoms with E-state index in [1.54, 1.807) is 24.3 Å². The van der Waals surface area contributed by atoms with E-state index >= 15 is 0 Å². The first kappa shape index (κ1) is 19.7. The zero-order valence-corrected chi connectivity index (χ0v) is 16.4. The van der Waals surface area contributed by atoms with Gasteiger partial charge in [-0.2, -0.15) is 0 Å². The maximum absolute atomic E-state index is 12.5. The van der Waals surface area contributed by atoms with E-state index in [9.17, 15) is 18.3 Å². The number of halogens is 1. The van der Waals surface area contributed by atoms with Crippen molar-refractivity contribution >= 4 is 38.9 Å². The Bertz CT molecular complexity index is 1110. The van der Waals surface area contributed by atoms with Crippen LogP contribution in [-0.2, 0) is 10.0 Å². The summed E-state index contributed by atoms with van der Waals surface area (Å²) in [6.45, 7) is 1.91. The molecular weight excluding hydrogens is 400 g/mol. The van der Waals surface area contributed by atoms with Crippen molar-refractivity contribution in [3.8, 4) is 5.75 Å². The highest BCUT2D eigenvalue weighted by atomic mass is 35.5. The topological polar surface area (TPSA) is 95.5 Å². The van der Waals surface area contributed by atoms with Crippen molar-refractivity contribution in [3.05, 3.63) is 82.9 Å².